The molecule has 1 unspecified atom stereocenters. The average molecular weight is 290 g/mol. The van der Waals surface area contributed by atoms with Crippen LogP contribution in [0.15, 0.2) is 0 Å². The normalized spacial score (nSPS) is 25.6. The van der Waals surface area contributed by atoms with Crippen molar-refractivity contribution in [2.24, 2.45) is 0 Å². The molecule has 19 heavy (non-hydrogen) atoms. The molecule has 0 aromatic carbocycles. The molecule has 1 heterocycles. The van der Waals surface area contributed by atoms with Crippen molar-refractivity contribution in [3.63, 3.8) is 0 Å². The Labute approximate surface area is 123 Å². The lowest BCUT2D eigenvalue weighted by Gasteiger charge is -2.20. The highest BCUT2D eigenvalue weighted by atomic mass is 35.5. The van der Waals surface area contributed by atoms with Crippen LogP contribution < -0.4 is 10.6 Å². The smallest absolute Gasteiger partial charge is 0.234 e. The number of rotatable bonds is 4. The van der Waals surface area contributed by atoms with Gasteiger partial charge in [-0.05, 0) is 26.3 Å². The molecule has 0 aromatic heterocycles. The third kappa shape index (κ3) is 5.67. The Morgan fingerprint density at radius 3 is 2.37 bits per heavy atom. The van der Waals surface area contributed by atoms with E-state index in [0.717, 1.165) is 19.5 Å². The monoisotopic (exact) mass is 289 g/mol. The SMILES string of the molecule is CNC1CCN(CC(=O)NC2CCCCCC2)C1.Cl. The number of carbonyl (C=O) groups excluding carboxylic acids is 1. The highest BCUT2D eigenvalue weighted by Crippen LogP contribution is 2.17. The third-order valence-corrected chi connectivity index (χ3v) is 4.27. The minimum Gasteiger partial charge on any atom is -0.352 e. The first-order chi connectivity index (χ1) is 8.78. The number of likely N-dealkylation sites (N-methyl/N-ethyl adjacent to an activating group) is 1. The van der Waals surface area contributed by atoms with Gasteiger partial charge in [0.05, 0.1) is 6.54 Å². The summed E-state index contributed by atoms with van der Waals surface area (Å²) in [6, 6.07) is 0.999. The Morgan fingerprint density at radius 1 is 1.11 bits per heavy atom. The number of amides is 1. The number of hydrogen-bond donors (Lipinski definition) is 2. The fourth-order valence-electron chi connectivity index (χ4n) is 3.11. The fraction of sp³-hybridized carbons (Fsp3) is 0.929. The second kappa shape index (κ2) is 8.77. The van der Waals surface area contributed by atoms with E-state index >= 15 is 0 Å². The largest absolute Gasteiger partial charge is 0.352 e. The Morgan fingerprint density at radius 2 is 1.79 bits per heavy atom. The molecule has 1 saturated heterocycles. The van der Waals surface area contributed by atoms with Crippen LogP contribution in [0.2, 0.25) is 0 Å². The van der Waals surface area contributed by atoms with E-state index in [9.17, 15) is 4.79 Å². The van der Waals surface area contributed by atoms with Gasteiger partial charge in [0.25, 0.3) is 0 Å². The zero-order valence-electron chi connectivity index (χ0n) is 12.0. The molecule has 0 radical (unpaired) electrons. The zero-order chi connectivity index (χ0) is 12.8. The molecule has 2 fully saturated rings. The first-order valence-electron chi connectivity index (χ1n) is 7.47. The highest BCUT2D eigenvalue weighted by molar-refractivity contribution is 5.85. The molecule has 1 saturated carbocycles. The Hall–Kier alpha value is -0.320. The van der Waals surface area contributed by atoms with Crippen LogP contribution >= 0.6 is 12.4 Å². The van der Waals surface area contributed by atoms with E-state index in [1.54, 1.807) is 0 Å². The van der Waals surface area contributed by atoms with Crippen LogP contribution in [0.25, 0.3) is 0 Å². The van der Waals surface area contributed by atoms with E-state index in [0.29, 0.717) is 18.6 Å². The van der Waals surface area contributed by atoms with Gasteiger partial charge < -0.3 is 10.6 Å². The molecular weight excluding hydrogens is 262 g/mol. The third-order valence-electron chi connectivity index (χ3n) is 4.27. The highest BCUT2D eigenvalue weighted by Gasteiger charge is 2.23. The van der Waals surface area contributed by atoms with Gasteiger partial charge in [-0.3, -0.25) is 9.69 Å². The fourth-order valence-corrected chi connectivity index (χ4v) is 3.11. The van der Waals surface area contributed by atoms with Gasteiger partial charge in [-0.2, -0.15) is 0 Å². The van der Waals surface area contributed by atoms with E-state index < -0.39 is 0 Å². The molecular formula is C14H28ClN3O. The van der Waals surface area contributed by atoms with Gasteiger partial charge in [0.2, 0.25) is 5.91 Å². The lowest BCUT2D eigenvalue weighted by atomic mass is 10.1. The van der Waals surface area contributed by atoms with Crippen molar-refractivity contribution in [3.8, 4) is 0 Å². The van der Waals surface area contributed by atoms with Crippen LogP contribution in [0.1, 0.15) is 44.9 Å². The second-order valence-corrected chi connectivity index (χ2v) is 5.77. The Balaban J connectivity index is 0.00000180. The van der Waals surface area contributed by atoms with Crippen LogP contribution in [0.4, 0.5) is 0 Å². The van der Waals surface area contributed by atoms with Crippen LogP contribution in [0.5, 0.6) is 0 Å². The first kappa shape index (κ1) is 16.7. The van der Waals surface area contributed by atoms with Crippen LogP contribution in [0.3, 0.4) is 0 Å². The molecule has 1 atom stereocenters. The lowest BCUT2D eigenvalue weighted by Crippen LogP contribution is -2.42. The molecule has 1 aliphatic heterocycles. The lowest BCUT2D eigenvalue weighted by molar-refractivity contribution is -0.122. The van der Waals surface area contributed by atoms with Crippen LogP contribution in [-0.2, 0) is 4.79 Å². The molecule has 5 heteroatoms. The maximum Gasteiger partial charge on any atom is 0.234 e. The molecule has 1 aliphatic carbocycles. The summed E-state index contributed by atoms with van der Waals surface area (Å²) in [5, 5.41) is 6.50. The molecule has 4 nitrogen and oxygen atoms in total. The van der Waals surface area contributed by atoms with Gasteiger partial charge in [0.15, 0.2) is 0 Å². The van der Waals surface area contributed by atoms with Gasteiger partial charge in [-0.1, -0.05) is 25.7 Å². The quantitative estimate of drug-likeness (QED) is 0.772. The maximum atomic E-state index is 12.0. The molecule has 2 aliphatic rings. The summed E-state index contributed by atoms with van der Waals surface area (Å²) in [6.45, 7) is 2.63. The van der Waals surface area contributed by atoms with Crippen molar-refractivity contribution in [3.05, 3.63) is 0 Å². The number of halogens is 1. The summed E-state index contributed by atoms with van der Waals surface area (Å²) in [4.78, 5) is 14.3. The number of nitrogens with zero attached hydrogens (tertiary/aromatic N) is 1. The van der Waals surface area contributed by atoms with Crippen molar-refractivity contribution >= 4 is 18.3 Å². The maximum absolute atomic E-state index is 12.0. The van der Waals surface area contributed by atoms with Gasteiger partial charge in [-0.25, -0.2) is 0 Å². The summed E-state index contributed by atoms with van der Waals surface area (Å²) < 4.78 is 0. The standard InChI is InChI=1S/C14H27N3O.ClH/c1-15-13-8-9-17(10-13)11-14(18)16-12-6-4-2-3-5-7-12;/h12-13,15H,2-11H2,1H3,(H,16,18);1H. The van der Waals surface area contributed by atoms with Crippen molar-refractivity contribution in [2.75, 3.05) is 26.7 Å². The number of nitrogens with one attached hydrogen (secondary N) is 2. The molecule has 0 bridgehead atoms. The summed E-state index contributed by atoms with van der Waals surface area (Å²) in [6.07, 6.45) is 8.72. The van der Waals surface area contributed by atoms with E-state index in [2.05, 4.69) is 15.5 Å². The predicted molar refractivity (Wildman–Crippen MR) is 80.8 cm³/mol. The van der Waals surface area contributed by atoms with Crippen molar-refractivity contribution in [1.29, 1.82) is 0 Å². The topological polar surface area (TPSA) is 44.4 Å². The Bertz CT molecular complexity index is 267. The molecule has 2 N–H and O–H groups in total. The summed E-state index contributed by atoms with van der Waals surface area (Å²) >= 11 is 0. The molecule has 0 aromatic rings. The van der Waals surface area contributed by atoms with Gasteiger partial charge >= 0.3 is 0 Å². The van der Waals surface area contributed by atoms with Crippen LogP contribution in [-0.4, -0.2) is 49.6 Å². The summed E-state index contributed by atoms with van der Waals surface area (Å²) in [7, 11) is 2.00. The molecule has 2 rings (SSSR count). The summed E-state index contributed by atoms with van der Waals surface area (Å²) in [5.41, 5.74) is 0. The van der Waals surface area contributed by atoms with E-state index in [-0.39, 0.29) is 18.3 Å². The van der Waals surface area contributed by atoms with Crippen LogP contribution in [0, 0.1) is 0 Å². The van der Waals surface area contributed by atoms with Gasteiger partial charge in [0, 0.05) is 25.2 Å². The molecule has 112 valence electrons. The first-order valence-corrected chi connectivity index (χ1v) is 7.47. The molecule has 1 amide bonds. The van der Waals surface area contributed by atoms with Gasteiger partial charge in [0.1, 0.15) is 0 Å². The summed E-state index contributed by atoms with van der Waals surface area (Å²) in [5.74, 6) is 0.221. The van der Waals surface area contributed by atoms with E-state index in [1.807, 2.05) is 7.05 Å². The van der Waals surface area contributed by atoms with Crippen molar-refractivity contribution in [1.82, 2.24) is 15.5 Å². The Kier molecular flexibility index (Phi) is 7.73. The zero-order valence-corrected chi connectivity index (χ0v) is 12.8. The molecule has 0 spiro atoms. The van der Waals surface area contributed by atoms with E-state index in [4.69, 9.17) is 0 Å². The average Bonchev–Trinajstić information content (AvgIpc) is 2.65. The van der Waals surface area contributed by atoms with Gasteiger partial charge in [-0.15, -0.1) is 12.4 Å². The minimum absolute atomic E-state index is 0. The van der Waals surface area contributed by atoms with E-state index in [1.165, 1.54) is 38.5 Å². The minimum atomic E-state index is 0. The van der Waals surface area contributed by atoms with Crippen molar-refractivity contribution in [2.45, 2.75) is 57.0 Å². The predicted octanol–water partition coefficient (Wildman–Crippen LogP) is 1.54. The number of hydrogen-bond acceptors (Lipinski definition) is 3. The second-order valence-electron chi connectivity index (χ2n) is 5.77. The number of carbonyl (C=O) groups is 1. The van der Waals surface area contributed by atoms with Crippen molar-refractivity contribution < 1.29 is 4.79 Å². The number of likely N-dealkylation sites (tertiary alicyclic amines) is 1.